The van der Waals surface area contributed by atoms with E-state index in [1.807, 2.05) is 6.92 Å². The van der Waals surface area contributed by atoms with Crippen LogP contribution in [-0.2, 0) is 21.0 Å². The van der Waals surface area contributed by atoms with Crippen molar-refractivity contribution in [1.29, 1.82) is 0 Å². The van der Waals surface area contributed by atoms with Gasteiger partial charge in [0.05, 0.1) is 22.8 Å². The van der Waals surface area contributed by atoms with Crippen molar-refractivity contribution in [2.75, 3.05) is 48.5 Å². The summed E-state index contributed by atoms with van der Waals surface area (Å²) in [7, 11) is -4.13. The molecule has 1 saturated heterocycles. The molecule has 39 heavy (non-hydrogen) atoms. The lowest BCUT2D eigenvalue weighted by atomic mass is 10.1. The number of hydrogen-bond donors (Lipinski definition) is 0. The lowest BCUT2D eigenvalue weighted by Crippen LogP contribution is -2.52. The fourth-order valence-electron chi connectivity index (χ4n) is 4.24. The van der Waals surface area contributed by atoms with E-state index in [0.29, 0.717) is 36.2 Å². The fourth-order valence-corrected chi connectivity index (χ4v) is 5.78. The van der Waals surface area contributed by atoms with Crippen molar-refractivity contribution in [3.8, 4) is 5.75 Å². The minimum Gasteiger partial charge on any atom is -0.494 e. The Balaban J connectivity index is 1.52. The highest BCUT2D eigenvalue weighted by molar-refractivity contribution is 7.92. The van der Waals surface area contributed by atoms with E-state index in [2.05, 4.69) is 0 Å². The Morgan fingerprint density at radius 2 is 1.62 bits per heavy atom. The third-order valence-electron chi connectivity index (χ3n) is 6.29. The van der Waals surface area contributed by atoms with Crippen molar-refractivity contribution in [3.63, 3.8) is 0 Å². The number of rotatable bonds is 8. The topological polar surface area (TPSA) is 70.2 Å². The monoisotopic (exact) mass is 581 g/mol. The van der Waals surface area contributed by atoms with Crippen LogP contribution in [0.15, 0.2) is 77.7 Å². The average Bonchev–Trinajstić information content (AvgIpc) is 2.92. The maximum Gasteiger partial charge on any atom is 0.416 e. The van der Waals surface area contributed by atoms with Gasteiger partial charge in [0, 0.05) is 36.9 Å². The highest BCUT2D eigenvalue weighted by Crippen LogP contribution is 2.32. The summed E-state index contributed by atoms with van der Waals surface area (Å²) in [5.41, 5.74) is -0.0421. The molecule has 0 spiro atoms. The van der Waals surface area contributed by atoms with Gasteiger partial charge < -0.3 is 14.5 Å². The van der Waals surface area contributed by atoms with Crippen LogP contribution in [0.2, 0.25) is 5.02 Å². The number of hydrogen-bond acceptors (Lipinski definition) is 5. The molecule has 0 atom stereocenters. The molecule has 1 aliphatic heterocycles. The Morgan fingerprint density at radius 3 is 2.21 bits per heavy atom. The number of amides is 1. The first-order chi connectivity index (χ1) is 18.5. The van der Waals surface area contributed by atoms with Crippen molar-refractivity contribution >= 4 is 38.9 Å². The second kappa shape index (κ2) is 11.7. The molecule has 1 amide bonds. The maximum atomic E-state index is 13.6. The quantitative estimate of drug-likeness (QED) is 0.361. The number of carbonyl (C=O) groups excluding carboxylic acids is 1. The molecule has 12 heteroatoms. The van der Waals surface area contributed by atoms with Gasteiger partial charge in [-0.2, -0.15) is 13.2 Å². The Bertz CT molecular complexity index is 1390. The fraction of sp³-hybridized carbons (Fsp3) is 0.296. The molecule has 0 aromatic heterocycles. The molecule has 0 unspecified atom stereocenters. The number of piperazine rings is 1. The van der Waals surface area contributed by atoms with Crippen molar-refractivity contribution in [3.05, 3.63) is 83.4 Å². The van der Waals surface area contributed by atoms with E-state index in [0.717, 1.165) is 16.4 Å². The third-order valence-corrected chi connectivity index (χ3v) is 8.33. The first kappa shape index (κ1) is 28.6. The molecular weight excluding hydrogens is 555 g/mol. The molecule has 7 nitrogen and oxygen atoms in total. The van der Waals surface area contributed by atoms with E-state index in [1.165, 1.54) is 35.2 Å². The maximum absolute atomic E-state index is 13.6. The Morgan fingerprint density at radius 1 is 0.974 bits per heavy atom. The smallest absolute Gasteiger partial charge is 0.416 e. The van der Waals surface area contributed by atoms with E-state index >= 15 is 0 Å². The molecule has 0 N–H and O–H groups in total. The summed E-state index contributed by atoms with van der Waals surface area (Å²) >= 11 is 5.94. The molecule has 0 radical (unpaired) electrons. The zero-order valence-corrected chi connectivity index (χ0v) is 22.6. The van der Waals surface area contributed by atoms with Crippen LogP contribution in [0, 0.1) is 0 Å². The van der Waals surface area contributed by atoms with Crippen LogP contribution in [0.5, 0.6) is 5.75 Å². The SMILES string of the molecule is CCOc1ccc(N(CC(=O)N2CCN(c3cccc(C(F)(F)F)c3)CC2)S(=O)(=O)c2ccc(Cl)cc2)cc1. The van der Waals surface area contributed by atoms with Gasteiger partial charge in [0.2, 0.25) is 5.91 Å². The molecule has 0 aliphatic carbocycles. The number of alkyl halides is 3. The van der Waals surface area contributed by atoms with Gasteiger partial charge >= 0.3 is 6.18 Å². The molecule has 0 saturated carbocycles. The molecular formula is C27H27ClF3N3O4S. The van der Waals surface area contributed by atoms with Crippen LogP contribution in [0.25, 0.3) is 0 Å². The molecule has 1 fully saturated rings. The minimum atomic E-state index is -4.45. The second-order valence-electron chi connectivity index (χ2n) is 8.81. The van der Waals surface area contributed by atoms with Gasteiger partial charge in [-0.25, -0.2) is 8.42 Å². The predicted molar refractivity (Wildman–Crippen MR) is 144 cm³/mol. The first-order valence-corrected chi connectivity index (χ1v) is 14.0. The van der Waals surface area contributed by atoms with Gasteiger partial charge in [-0.15, -0.1) is 0 Å². The minimum absolute atomic E-state index is 0.0250. The van der Waals surface area contributed by atoms with Gasteiger partial charge in [-0.05, 0) is 73.7 Å². The second-order valence-corrected chi connectivity index (χ2v) is 11.1. The van der Waals surface area contributed by atoms with Crippen LogP contribution in [0.3, 0.4) is 0 Å². The van der Waals surface area contributed by atoms with Crippen molar-refractivity contribution < 1.29 is 31.1 Å². The van der Waals surface area contributed by atoms with Crippen LogP contribution in [0.1, 0.15) is 12.5 Å². The molecule has 0 bridgehead atoms. The van der Waals surface area contributed by atoms with Gasteiger partial charge in [-0.1, -0.05) is 17.7 Å². The zero-order valence-electron chi connectivity index (χ0n) is 21.1. The first-order valence-electron chi connectivity index (χ1n) is 12.2. The summed E-state index contributed by atoms with van der Waals surface area (Å²) in [6.07, 6.45) is -4.45. The van der Waals surface area contributed by atoms with Gasteiger partial charge in [-0.3, -0.25) is 9.10 Å². The number of nitrogens with zero attached hydrogens (tertiary/aromatic N) is 3. The molecule has 1 heterocycles. The van der Waals surface area contributed by atoms with E-state index < -0.39 is 34.2 Å². The standard InChI is InChI=1S/C27H27ClF3N3O4S/c1-2-38-24-10-8-22(9-11-24)34(39(36,37)25-12-6-21(28)7-13-25)19-26(35)33-16-14-32(15-17-33)23-5-3-4-20(18-23)27(29,30)31/h3-13,18H,2,14-17,19H2,1H3. The normalized spacial score (nSPS) is 14.3. The van der Waals surface area contributed by atoms with E-state index in [1.54, 1.807) is 35.2 Å². The number of benzene rings is 3. The van der Waals surface area contributed by atoms with Crippen molar-refractivity contribution in [2.24, 2.45) is 0 Å². The number of sulfonamides is 1. The lowest BCUT2D eigenvalue weighted by molar-refractivity contribution is -0.137. The number of ether oxygens (including phenoxy) is 1. The molecule has 3 aromatic carbocycles. The van der Waals surface area contributed by atoms with Crippen LogP contribution < -0.4 is 13.9 Å². The summed E-state index contributed by atoms with van der Waals surface area (Å²) < 4.78 is 73.1. The lowest BCUT2D eigenvalue weighted by Gasteiger charge is -2.37. The number of anilines is 2. The summed E-state index contributed by atoms with van der Waals surface area (Å²) in [5, 5.41) is 0.372. The summed E-state index contributed by atoms with van der Waals surface area (Å²) in [4.78, 5) is 16.6. The van der Waals surface area contributed by atoms with Crippen molar-refractivity contribution in [1.82, 2.24) is 4.90 Å². The largest absolute Gasteiger partial charge is 0.494 e. The van der Waals surface area contributed by atoms with Crippen LogP contribution in [0.4, 0.5) is 24.5 Å². The van der Waals surface area contributed by atoms with E-state index in [9.17, 15) is 26.4 Å². The van der Waals surface area contributed by atoms with Crippen molar-refractivity contribution in [2.45, 2.75) is 18.0 Å². The molecule has 3 aromatic rings. The van der Waals surface area contributed by atoms with Crippen LogP contribution >= 0.6 is 11.6 Å². The summed E-state index contributed by atoms with van der Waals surface area (Å²) in [6, 6.07) is 17.1. The average molecular weight is 582 g/mol. The molecule has 208 valence electrons. The van der Waals surface area contributed by atoms with Gasteiger partial charge in [0.1, 0.15) is 12.3 Å². The number of halogens is 4. The Labute approximate surface area is 230 Å². The van der Waals surface area contributed by atoms with E-state index in [4.69, 9.17) is 16.3 Å². The zero-order chi connectivity index (χ0) is 28.2. The number of carbonyl (C=O) groups is 1. The van der Waals surface area contributed by atoms with Gasteiger partial charge in [0.15, 0.2) is 0 Å². The molecule has 1 aliphatic rings. The summed E-state index contributed by atoms with van der Waals surface area (Å²) in [5.74, 6) is 0.132. The molecule has 4 rings (SSSR count). The third kappa shape index (κ3) is 6.77. The highest BCUT2D eigenvalue weighted by Gasteiger charge is 2.32. The summed E-state index contributed by atoms with van der Waals surface area (Å²) in [6.45, 7) is 2.89. The predicted octanol–water partition coefficient (Wildman–Crippen LogP) is 5.30. The Kier molecular flexibility index (Phi) is 8.60. The van der Waals surface area contributed by atoms with E-state index in [-0.39, 0.29) is 23.7 Å². The van der Waals surface area contributed by atoms with Crippen LogP contribution in [-0.4, -0.2) is 58.6 Å². The highest BCUT2D eigenvalue weighted by atomic mass is 35.5. The Hall–Kier alpha value is -3.44. The van der Waals surface area contributed by atoms with Gasteiger partial charge in [0.25, 0.3) is 10.0 Å².